The van der Waals surface area contributed by atoms with Crippen LogP contribution < -0.4 is 5.32 Å². The average molecular weight is 329 g/mol. The third-order valence-electron chi connectivity index (χ3n) is 5.68. The van der Waals surface area contributed by atoms with E-state index in [2.05, 4.69) is 12.2 Å². The molecule has 3 rings (SSSR count). The molecule has 1 fully saturated rings. The van der Waals surface area contributed by atoms with Gasteiger partial charge in [0, 0.05) is 12.0 Å². The first-order valence-electron chi connectivity index (χ1n) is 9.24. The van der Waals surface area contributed by atoms with Crippen LogP contribution in [-0.4, -0.2) is 23.0 Å². The van der Waals surface area contributed by atoms with Gasteiger partial charge in [0.1, 0.15) is 0 Å². The number of aromatic carboxylic acids is 1. The number of aryl methyl sites for hydroxylation is 1. The number of nitrogens with one attached hydrogen (secondary N) is 1. The Balaban J connectivity index is 1.61. The Hall–Kier alpha value is -1.84. The number of carboxylic acids is 1. The van der Waals surface area contributed by atoms with Gasteiger partial charge in [0.15, 0.2) is 0 Å². The summed E-state index contributed by atoms with van der Waals surface area (Å²) in [6.07, 6.45) is 8.25. The molecule has 4 nitrogen and oxygen atoms in total. The summed E-state index contributed by atoms with van der Waals surface area (Å²) in [5, 5.41) is 12.4. The predicted octanol–water partition coefficient (Wildman–Crippen LogP) is 3.57. The maximum Gasteiger partial charge on any atom is 0.335 e. The molecule has 3 atom stereocenters. The van der Waals surface area contributed by atoms with Gasteiger partial charge in [-0.15, -0.1) is 0 Å². The highest BCUT2D eigenvalue weighted by molar-refractivity contribution is 5.88. The van der Waals surface area contributed by atoms with Crippen LogP contribution in [0.5, 0.6) is 0 Å². The van der Waals surface area contributed by atoms with Gasteiger partial charge in [0.2, 0.25) is 5.91 Å². The number of carbonyl (C=O) groups is 2. The van der Waals surface area contributed by atoms with Gasteiger partial charge >= 0.3 is 5.97 Å². The number of fused-ring (bicyclic) bond motifs is 1. The van der Waals surface area contributed by atoms with E-state index < -0.39 is 5.97 Å². The quantitative estimate of drug-likeness (QED) is 0.868. The van der Waals surface area contributed by atoms with Crippen LogP contribution in [0, 0.1) is 11.8 Å². The fraction of sp³-hybridized carbons (Fsp3) is 0.600. The number of carboxylic acid groups (broad SMARTS) is 1. The summed E-state index contributed by atoms with van der Waals surface area (Å²) < 4.78 is 0. The molecule has 24 heavy (non-hydrogen) atoms. The molecule has 2 aliphatic rings. The van der Waals surface area contributed by atoms with Crippen LogP contribution in [0.15, 0.2) is 18.2 Å². The first-order chi connectivity index (χ1) is 11.6. The second-order valence-electron chi connectivity index (χ2n) is 7.32. The van der Waals surface area contributed by atoms with Crippen molar-refractivity contribution in [3.05, 3.63) is 34.9 Å². The van der Waals surface area contributed by atoms with E-state index in [4.69, 9.17) is 5.11 Å². The molecule has 4 heteroatoms. The van der Waals surface area contributed by atoms with Crippen LogP contribution in [0.3, 0.4) is 0 Å². The van der Waals surface area contributed by atoms with Crippen LogP contribution in [0.4, 0.5) is 0 Å². The summed E-state index contributed by atoms with van der Waals surface area (Å²) in [6.45, 7) is 2.19. The van der Waals surface area contributed by atoms with Crippen molar-refractivity contribution in [2.24, 2.45) is 11.8 Å². The van der Waals surface area contributed by atoms with Crippen molar-refractivity contribution < 1.29 is 14.7 Å². The second-order valence-corrected chi connectivity index (χ2v) is 7.32. The van der Waals surface area contributed by atoms with Gasteiger partial charge in [-0.1, -0.05) is 25.8 Å². The Kier molecular flexibility index (Phi) is 5.22. The predicted molar refractivity (Wildman–Crippen MR) is 93.1 cm³/mol. The number of rotatable bonds is 5. The highest BCUT2D eigenvalue weighted by atomic mass is 16.4. The Morgan fingerprint density at radius 3 is 2.79 bits per heavy atom. The third-order valence-corrected chi connectivity index (χ3v) is 5.68. The van der Waals surface area contributed by atoms with E-state index in [1.165, 1.54) is 18.4 Å². The zero-order valence-corrected chi connectivity index (χ0v) is 14.4. The summed E-state index contributed by atoms with van der Waals surface area (Å²) in [7, 11) is 0. The van der Waals surface area contributed by atoms with Gasteiger partial charge in [0.25, 0.3) is 0 Å². The van der Waals surface area contributed by atoms with Crippen molar-refractivity contribution in [2.45, 2.75) is 64.3 Å². The second kappa shape index (κ2) is 7.37. The molecule has 0 aromatic heterocycles. The topological polar surface area (TPSA) is 66.4 Å². The molecule has 3 unspecified atom stereocenters. The Morgan fingerprint density at radius 2 is 2.04 bits per heavy atom. The van der Waals surface area contributed by atoms with Crippen LogP contribution in [-0.2, 0) is 17.6 Å². The number of benzene rings is 1. The van der Waals surface area contributed by atoms with Crippen molar-refractivity contribution >= 4 is 11.9 Å². The minimum absolute atomic E-state index is 0.184. The van der Waals surface area contributed by atoms with Crippen LogP contribution in [0.1, 0.15) is 66.9 Å². The van der Waals surface area contributed by atoms with E-state index in [1.54, 1.807) is 12.1 Å². The first-order valence-corrected chi connectivity index (χ1v) is 9.24. The first kappa shape index (κ1) is 17.0. The Bertz CT molecular complexity index is 625. The Labute approximate surface area is 143 Å². The molecule has 2 aliphatic carbocycles. The van der Waals surface area contributed by atoms with E-state index in [9.17, 15) is 9.59 Å². The zero-order valence-electron chi connectivity index (χ0n) is 14.4. The summed E-state index contributed by atoms with van der Waals surface area (Å²) in [6, 6.07) is 5.54. The number of hydrogen-bond acceptors (Lipinski definition) is 2. The summed E-state index contributed by atoms with van der Waals surface area (Å²) in [5.41, 5.74) is 2.64. The standard InChI is InChI=1S/C20H27NO3/c1-2-4-13-5-3-6-18(13)19(22)21-17-10-9-14-11-16(20(23)24)8-7-15(14)12-17/h7-8,11,13,17-18H,2-6,9-10,12H2,1H3,(H,21,22)(H,23,24). The van der Waals surface area contributed by atoms with Crippen molar-refractivity contribution in [1.29, 1.82) is 0 Å². The number of hydrogen-bond donors (Lipinski definition) is 2. The molecular formula is C20H27NO3. The summed E-state index contributed by atoms with van der Waals surface area (Å²) in [5.74, 6) is 0.114. The highest BCUT2D eigenvalue weighted by Crippen LogP contribution is 2.35. The van der Waals surface area contributed by atoms with E-state index in [0.29, 0.717) is 11.5 Å². The van der Waals surface area contributed by atoms with Crippen molar-refractivity contribution in [3.63, 3.8) is 0 Å². The maximum absolute atomic E-state index is 12.7. The van der Waals surface area contributed by atoms with Gasteiger partial charge in [-0.3, -0.25) is 4.79 Å². The lowest BCUT2D eigenvalue weighted by Gasteiger charge is -2.28. The molecular weight excluding hydrogens is 302 g/mol. The molecule has 1 amide bonds. The normalized spacial score (nSPS) is 26.0. The van der Waals surface area contributed by atoms with Crippen molar-refractivity contribution in [2.75, 3.05) is 0 Å². The maximum atomic E-state index is 12.7. The summed E-state index contributed by atoms with van der Waals surface area (Å²) in [4.78, 5) is 23.7. The lowest BCUT2D eigenvalue weighted by atomic mass is 9.86. The lowest BCUT2D eigenvalue weighted by Crippen LogP contribution is -2.42. The fourth-order valence-electron chi connectivity index (χ4n) is 4.42. The summed E-state index contributed by atoms with van der Waals surface area (Å²) >= 11 is 0. The minimum atomic E-state index is -0.878. The van der Waals surface area contributed by atoms with Crippen molar-refractivity contribution in [1.82, 2.24) is 5.32 Å². The van der Waals surface area contributed by atoms with Gasteiger partial charge in [-0.05, 0) is 67.7 Å². The van der Waals surface area contributed by atoms with Gasteiger partial charge in [-0.2, -0.15) is 0 Å². The molecule has 1 aromatic carbocycles. The van der Waals surface area contributed by atoms with Crippen LogP contribution >= 0.6 is 0 Å². The molecule has 0 bridgehead atoms. The molecule has 1 saturated carbocycles. The number of carbonyl (C=O) groups excluding carboxylic acids is 1. The van der Waals surface area contributed by atoms with Gasteiger partial charge < -0.3 is 10.4 Å². The zero-order chi connectivity index (χ0) is 17.1. The van der Waals surface area contributed by atoms with E-state index in [0.717, 1.165) is 44.1 Å². The fourth-order valence-corrected chi connectivity index (χ4v) is 4.42. The van der Waals surface area contributed by atoms with E-state index in [1.807, 2.05) is 6.07 Å². The van der Waals surface area contributed by atoms with Crippen molar-refractivity contribution in [3.8, 4) is 0 Å². The monoisotopic (exact) mass is 329 g/mol. The van der Waals surface area contributed by atoms with E-state index in [-0.39, 0.29) is 17.9 Å². The van der Waals surface area contributed by atoms with Gasteiger partial charge in [-0.25, -0.2) is 4.79 Å². The smallest absolute Gasteiger partial charge is 0.335 e. The highest BCUT2D eigenvalue weighted by Gasteiger charge is 2.33. The molecule has 0 spiro atoms. The molecule has 0 saturated heterocycles. The third kappa shape index (κ3) is 3.63. The largest absolute Gasteiger partial charge is 0.478 e. The molecule has 130 valence electrons. The van der Waals surface area contributed by atoms with Gasteiger partial charge in [0.05, 0.1) is 5.56 Å². The SMILES string of the molecule is CCCC1CCCC1C(=O)NC1CCc2cc(C(=O)O)ccc2C1. The number of amides is 1. The molecule has 0 aliphatic heterocycles. The molecule has 2 N–H and O–H groups in total. The molecule has 0 radical (unpaired) electrons. The molecule has 0 heterocycles. The van der Waals surface area contributed by atoms with Crippen LogP contribution in [0.2, 0.25) is 0 Å². The van der Waals surface area contributed by atoms with E-state index >= 15 is 0 Å². The lowest BCUT2D eigenvalue weighted by molar-refractivity contribution is -0.126. The van der Waals surface area contributed by atoms with Crippen LogP contribution in [0.25, 0.3) is 0 Å². The molecule has 1 aromatic rings. The Morgan fingerprint density at radius 1 is 1.21 bits per heavy atom. The minimum Gasteiger partial charge on any atom is -0.478 e. The average Bonchev–Trinajstić information content (AvgIpc) is 3.03.